The lowest BCUT2D eigenvalue weighted by Crippen LogP contribution is -3.12. The summed E-state index contributed by atoms with van der Waals surface area (Å²) >= 11 is 1.37. The molecule has 0 saturated heterocycles. The maximum Gasteiger partial charge on any atom is 0.341 e. The predicted molar refractivity (Wildman–Crippen MR) is 110 cm³/mol. The molecule has 1 aromatic heterocycles. The second kappa shape index (κ2) is 10.4. The molecular formula is C21H25N2O3S+. The molecule has 0 unspecified atom stereocenters. The van der Waals surface area contributed by atoms with Gasteiger partial charge in [0.1, 0.15) is 5.00 Å². The third-order valence-corrected chi connectivity index (χ3v) is 4.91. The van der Waals surface area contributed by atoms with Gasteiger partial charge in [0.25, 0.3) is 5.91 Å². The molecule has 1 amide bonds. The van der Waals surface area contributed by atoms with E-state index in [1.54, 1.807) is 25.1 Å². The van der Waals surface area contributed by atoms with Crippen LogP contribution in [0.1, 0.15) is 17.3 Å². The Morgan fingerprint density at radius 3 is 2.44 bits per heavy atom. The average molecular weight is 386 g/mol. The van der Waals surface area contributed by atoms with Crippen LogP contribution in [-0.2, 0) is 9.53 Å². The molecule has 5 nitrogen and oxygen atoms in total. The Bertz CT molecular complexity index is 789. The molecule has 142 valence electrons. The Morgan fingerprint density at radius 2 is 1.85 bits per heavy atom. The van der Waals surface area contributed by atoms with Gasteiger partial charge in [-0.2, -0.15) is 0 Å². The minimum atomic E-state index is -0.437. The van der Waals surface area contributed by atoms with Crippen LogP contribution >= 0.6 is 11.3 Å². The van der Waals surface area contributed by atoms with Crippen molar-refractivity contribution >= 4 is 28.2 Å². The quantitative estimate of drug-likeness (QED) is 0.488. The molecule has 0 aliphatic rings. The van der Waals surface area contributed by atoms with Gasteiger partial charge < -0.3 is 15.0 Å². The van der Waals surface area contributed by atoms with Crippen molar-refractivity contribution in [3.05, 3.63) is 67.3 Å². The van der Waals surface area contributed by atoms with E-state index in [4.69, 9.17) is 4.74 Å². The van der Waals surface area contributed by atoms with E-state index in [-0.39, 0.29) is 19.1 Å². The number of thiophene rings is 1. The third kappa shape index (κ3) is 5.91. The lowest BCUT2D eigenvalue weighted by Gasteiger charge is -2.15. The summed E-state index contributed by atoms with van der Waals surface area (Å²) in [6, 6.07) is 11.5. The van der Waals surface area contributed by atoms with E-state index in [9.17, 15) is 9.59 Å². The van der Waals surface area contributed by atoms with Crippen LogP contribution in [0.2, 0.25) is 0 Å². The summed E-state index contributed by atoms with van der Waals surface area (Å²) in [5, 5.41) is 3.38. The van der Waals surface area contributed by atoms with E-state index in [1.165, 1.54) is 11.3 Å². The summed E-state index contributed by atoms with van der Waals surface area (Å²) in [4.78, 5) is 26.7. The van der Waals surface area contributed by atoms with Crippen molar-refractivity contribution in [2.45, 2.75) is 6.92 Å². The highest BCUT2D eigenvalue weighted by Gasteiger charge is 2.21. The molecule has 0 atom stereocenters. The van der Waals surface area contributed by atoms with Gasteiger partial charge in [0, 0.05) is 4.88 Å². The second-order valence-electron chi connectivity index (χ2n) is 5.90. The van der Waals surface area contributed by atoms with Crippen LogP contribution in [0.15, 0.2) is 61.7 Å². The number of quaternary nitrogens is 1. The highest BCUT2D eigenvalue weighted by molar-refractivity contribution is 7.20. The molecule has 0 aliphatic heterocycles. The summed E-state index contributed by atoms with van der Waals surface area (Å²) in [5.41, 5.74) is 1.36. The molecule has 27 heavy (non-hydrogen) atoms. The van der Waals surface area contributed by atoms with Crippen LogP contribution in [0.5, 0.6) is 0 Å². The van der Waals surface area contributed by atoms with Crippen LogP contribution in [0, 0.1) is 0 Å². The number of carbonyl (C=O) groups excluding carboxylic acids is 2. The topological polar surface area (TPSA) is 59.8 Å². The molecule has 1 aromatic carbocycles. The van der Waals surface area contributed by atoms with Crippen LogP contribution < -0.4 is 10.2 Å². The second-order valence-corrected chi connectivity index (χ2v) is 6.95. The first-order valence-electron chi connectivity index (χ1n) is 8.80. The fourth-order valence-corrected chi connectivity index (χ4v) is 3.69. The molecule has 0 saturated carbocycles. The zero-order chi connectivity index (χ0) is 19.6. The number of anilines is 1. The predicted octanol–water partition coefficient (Wildman–Crippen LogP) is 2.79. The maximum atomic E-state index is 12.5. The van der Waals surface area contributed by atoms with Gasteiger partial charge in [-0.25, -0.2) is 4.79 Å². The van der Waals surface area contributed by atoms with E-state index >= 15 is 0 Å². The molecule has 2 aromatic rings. The van der Waals surface area contributed by atoms with Crippen molar-refractivity contribution in [2.75, 3.05) is 31.6 Å². The largest absolute Gasteiger partial charge is 0.462 e. The van der Waals surface area contributed by atoms with Crippen molar-refractivity contribution in [3.63, 3.8) is 0 Å². The number of ether oxygens (including phenoxy) is 1. The third-order valence-electron chi connectivity index (χ3n) is 3.82. The first-order chi connectivity index (χ1) is 13.1. The molecule has 0 spiro atoms. The molecular weight excluding hydrogens is 360 g/mol. The Balaban J connectivity index is 2.24. The summed E-state index contributed by atoms with van der Waals surface area (Å²) in [6.07, 6.45) is 3.55. The monoisotopic (exact) mass is 385 g/mol. The van der Waals surface area contributed by atoms with Crippen LogP contribution in [0.3, 0.4) is 0 Å². The van der Waals surface area contributed by atoms with Gasteiger partial charge >= 0.3 is 5.97 Å². The number of esters is 1. The first-order valence-corrected chi connectivity index (χ1v) is 9.62. The van der Waals surface area contributed by atoms with Gasteiger partial charge in [-0.1, -0.05) is 43.5 Å². The summed E-state index contributed by atoms with van der Waals surface area (Å²) in [7, 11) is 0. The van der Waals surface area contributed by atoms with Gasteiger partial charge in [0.15, 0.2) is 6.54 Å². The molecule has 0 aliphatic carbocycles. The number of carbonyl (C=O) groups is 2. The summed E-state index contributed by atoms with van der Waals surface area (Å²) < 4.78 is 5.14. The van der Waals surface area contributed by atoms with Gasteiger partial charge in [-0.05, 0) is 30.7 Å². The fraction of sp³-hybridized carbons (Fsp3) is 0.238. The van der Waals surface area contributed by atoms with Gasteiger partial charge in [0.2, 0.25) is 0 Å². The maximum absolute atomic E-state index is 12.5. The van der Waals surface area contributed by atoms with Gasteiger partial charge in [-0.3, -0.25) is 4.79 Å². The van der Waals surface area contributed by atoms with E-state index in [1.807, 2.05) is 30.3 Å². The molecule has 2 rings (SSSR count). The minimum Gasteiger partial charge on any atom is -0.462 e. The average Bonchev–Trinajstić information content (AvgIpc) is 3.07. The Labute approximate surface area is 164 Å². The highest BCUT2D eigenvalue weighted by Crippen LogP contribution is 2.35. The number of hydrogen-bond acceptors (Lipinski definition) is 4. The first kappa shape index (κ1) is 20.6. The molecule has 0 bridgehead atoms. The minimum absolute atomic E-state index is 0.166. The van der Waals surface area contributed by atoms with E-state index in [0.717, 1.165) is 15.3 Å². The summed E-state index contributed by atoms with van der Waals surface area (Å²) in [5.74, 6) is -0.603. The molecule has 1 heterocycles. The number of hydrogen-bond donors (Lipinski definition) is 2. The molecule has 2 N–H and O–H groups in total. The van der Waals surface area contributed by atoms with E-state index < -0.39 is 5.97 Å². The van der Waals surface area contributed by atoms with Crippen molar-refractivity contribution in [1.82, 2.24) is 0 Å². The van der Waals surface area contributed by atoms with Crippen molar-refractivity contribution in [1.29, 1.82) is 0 Å². The van der Waals surface area contributed by atoms with E-state index in [2.05, 4.69) is 18.5 Å². The molecule has 6 heteroatoms. The van der Waals surface area contributed by atoms with Gasteiger partial charge in [-0.15, -0.1) is 11.3 Å². The van der Waals surface area contributed by atoms with Crippen molar-refractivity contribution in [3.8, 4) is 10.4 Å². The van der Waals surface area contributed by atoms with E-state index in [0.29, 0.717) is 23.7 Å². The lowest BCUT2D eigenvalue weighted by atomic mass is 10.1. The lowest BCUT2D eigenvalue weighted by molar-refractivity contribution is -0.879. The highest BCUT2D eigenvalue weighted by atomic mass is 32.1. The van der Waals surface area contributed by atoms with Crippen molar-refractivity contribution in [2.24, 2.45) is 0 Å². The Kier molecular flexibility index (Phi) is 7.98. The SMILES string of the molecule is C=CC[NH+](CC=C)CC(=O)Nc1sc(-c2ccccc2)cc1C(=O)OCC. The normalized spacial score (nSPS) is 10.4. The number of benzene rings is 1. The smallest absolute Gasteiger partial charge is 0.341 e. The zero-order valence-electron chi connectivity index (χ0n) is 15.5. The Morgan fingerprint density at radius 1 is 1.19 bits per heavy atom. The summed E-state index contributed by atoms with van der Waals surface area (Å²) in [6.45, 7) is 11.1. The number of rotatable bonds is 10. The van der Waals surface area contributed by atoms with Crippen LogP contribution in [0.4, 0.5) is 5.00 Å². The van der Waals surface area contributed by atoms with Crippen LogP contribution in [-0.4, -0.2) is 38.1 Å². The molecule has 0 radical (unpaired) electrons. The van der Waals surface area contributed by atoms with Crippen LogP contribution in [0.25, 0.3) is 10.4 Å². The molecule has 0 fully saturated rings. The van der Waals surface area contributed by atoms with Gasteiger partial charge in [0.05, 0.1) is 25.3 Å². The Hall–Kier alpha value is -2.70. The van der Waals surface area contributed by atoms with Crippen molar-refractivity contribution < 1.29 is 19.2 Å². The fourth-order valence-electron chi connectivity index (χ4n) is 2.62. The zero-order valence-corrected chi connectivity index (χ0v) is 16.3. The standard InChI is InChI=1S/C21H24N2O3S/c1-4-12-23(13-5-2)15-19(24)22-20-17(21(25)26-6-3)14-18(27-20)16-10-8-7-9-11-16/h4-5,7-11,14H,1-2,6,12-13,15H2,3H3,(H,22,24)/p+1. The number of nitrogens with one attached hydrogen (secondary N) is 2. The number of amides is 1.